The average Bonchev–Trinajstić information content (AvgIpc) is 3.37. The minimum Gasteiger partial charge on any atom is -0.355 e. The highest BCUT2D eigenvalue weighted by molar-refractivity contribution is 7.92. The fourth-order valence-corrected chi connectivity index (χ4v) is 6.77. The second-order valence-corrected chi connectivity index (χ2v) is 13.9. The van der Waals surface area contributed by atoms with Gasteiger partial charge in [0.2, 0.25) is 15.8 Å². The van der Waals surface area contributed by atoms with Gasteiger partial charge < -0.3 is 9.88 Å². The molecule has 0 saturated carbocycles. The van der Waals surface area contributed by atoms with Crippen LogP contribution in [0.25, 0.3) is 22.2 Å². The van der Waals surface area contributed by atoms with Gasteiger partial charge in [0.15, 0.2) is 15.7 Å². The Kier molecular flexibility index (Phi) is 7.89. The van der Waals surface area contributed by atoms with Gasteiger partial charge in [-0.2, -0.15) is 13.2 Å². The van der Waals surface area contributed by atoms with Crippen LogP contribution in [0.4, 0.5) is 33.5 Å². The molecule has 1 aliphatic rings. The molecule has 4 heterocycles. The van der Waals surface area contributed by atoms with Crippen molar-refractivity contribution in [3.05, 3.63) is 71.7 Å². The van der Waals surface area contributed by atoms with Gasteiger partial charge >= 0.3 is 6.18 Å². The molecule has 1 saturated heterocycles. The number of aromatic amines is 1. The van der Waals surface area contributed by atoms with Crippen molar-refractivity contribution < 1.29 is 43.6 Å². The standard InChI is InChI=1S/C26H22F5N5O5S2/c27-19-2-3-20(35-43(40,41)8-5-26(29,30)31)23(28)22(19)24(37)18-14-34-25-17(18)11-16(13-33-25)15-1-4-21(32-12-15)36-6-9-42(38,39)10-7-36/h1-4,11-14,35H,5-10H2,(H,33,34). The summed E-state index contributed by atoms with van der Waals surface area (Å²) in [4.78, 5) is 26.6. The number of fused-ring (bicyclic) bond motifs is 1. The van der Waals surface area contributed by atoms with Crippen molar-refractivity contribution in [2.75, 3.05) is 40.0 Å². The van der Waals surface area contributed by atoms with Crippen molar-refractivity contribution in [1.82, 2.24) is 15.0 Å². The van der Waals surface area contributed by atoms with E-state index in [-0.39, 0.29) is 28.1 Å². The maximum Gasteiger partial charge on any atom is 0.390 e. The van der Waals surface area contributed by atoms with E-state index in [1.165, 1.54) is 24.7 Å². The number of hydrogen-bond acceptors (Lipinski definition) is 8. The van der Waals surface area contributed by atoms with Gasteiger partial charge in [-0.25, -0.2) is 35.6 Å². The highest BCUT2D eigenvalue weighted by Gasteiger charge is 2.31. The molecular weight excluding hydrogens is 621 g/mol. The number of pyridine rings is 2. The molecule has 1 aliphatic heterocycles. The van der Waals surface area contributed by atoms with Crippen LogP contribution in [0.15, 0.2) is 48.9 Å². The van der Waals surface area contributed by atoms with Gasteiger partial charge in [0.25, 0.3) is 0 Å². The number of nitrogens with zero attached hydrogens (tertiary/aromatic N) is 3. The van der Waals surface area contributed by atoms with E-state index < -0.39 is 66.9 Å². The lowest BCUT2D eigenvalue weighted by Crippen LogP contribution is -2.40. The summed E-state index contributed by atoms with van der Waals surface area (Å²) in [5.41, 5.74) is -0.919. The highest BCUT2D eigenvalue weighted by Crippen LogP contribution is 2.30. The molecule has 0 atom stereocenters. The van der Waals surface area contributed by atoms with Crippen LogP contribution in [-0.4, -0.2) is 74.1 Å². The largest absolute Gasteiger partial charge is 0.390 e. The summed E-state index contributed by atoms with van der Waals surface area (Å²) in [6.07, 6.45) is -2.29. The van der Waals surface area contributed by atoms with E-state index in [9.17, 15) is 39.2 Å². The molecule has 0 bridgehead atoms. The lowest BCUT2D eigenvalue weighted by molar-refractivity contribution is -0.129. The number of alkyl halides is 3. The zero-order chi connectivity index (χ0) is 31.2. The fourth-order valence-electron chi connectivity index (χ4n) is 4.48. The smallest absolute Gasteiger partial charge is 0.355 e. The van der Waals surface area contributed by atoms with Gasteiger partial charge in [-0.05, 0) is 30.3 Å². The molecule has 0 radical (unpaired) electrons. The molecule has 5 rings (SSSR count). The van der Waals surface area contributed by atoms with Gasteiger partial charge in [0, 0.05) is 53.8 Å². The molecule has 1 fully saturated rings. The molecule has 0 spiro atoms. The number of benzene rings is 1. The first-order valence-electron chi connectivity index (χ1n) is 12.6. The first-order chi connectivity index (χ1) is 20.1. The quantitative estimate of drug-likeness (QED) is 0.216. The highest BCUT2D eigenvalue weighted by atomic mass is 32.2. The number of nitrogens with one attached hydrogen (secondary N) is 2. The maximum atomic E-state index is 15.3. The van der Waals surface area contributed by atoms with Crippen LogP contribution in [0.5, 0.6) is 0 Å². The summed E-state index contributed by atoms with van der Waals surface area (Å²) in [7, 11) is -7.75. The number of aromatic nitrogens is 3. The van der Waals surface area contributed by atoms with Crippen molar-refractivity contribution in [2.45, 2.75) is 12.6 Å². The number of hydrogen-bond donors (Lipinski definition) is 2. The monoisotopic (exact) mass is 643 g/mol. The molecule has 3 aromatic heterocycles. The molecule has 43 heavy (non-hydrogen) atoms. The Labute approximate surface area is 241 Å². The second-order valence-electron chi connectivity index (χ2n) is 9.77. The molecule has 2 N–H and O–H groups in total. The van der Waals surface area contributed by atoms with Crippen molar-refractivity contribution in [3.8, 4) is 11.1 Å². The van der Waals surface area contributed by atoms with Crippen LogP contribution < -0.4 is 9.62 Å². The molecule has 228 valence electrons. The van der Waals surface area contributed by atoms with Crippen molar-refractivity contribution in [1.29, 1.82) is 0 Å². The van der Waals surface area contributed by atoms with Crippen molar-refractivity contribution in [2.24, 2.45) is 0 Å². The number of rotatable bonds is 8. The van der Waals surface area contributed by atoms with E-state index in [2.05, 4.69) is 15.0 Å². The fraction of sp³-hybridized carbons (Fsp3) is 0.269. The first kappa shape index (κ1) is 30.3. The predicted molar refractivity (Wildman–Crippen MR) is 148 cm³/mol. The molecular formula is C26H22F5N5O5S2. The Hall–Kier alpha value is -4.12. The number of carbonyl (C=O) groups excluding carboxylic acids is 1. The summed E-state index contributed by atoms with van der Waals surface area (Å²) >= 11 is 0. The zero-order valence-corrected chi connectivity index (χ0v) is 23.6. The lowest BCUT2D eigenvalue weighted by atomic mass is 10.00. The minimum absolute atomic E-state index is 0.0232. The van der Waals surface area contributed by atoms with E-state index in [0.717, 1.165) is 0 Å². The molecule has 10 nitrogen and oxygen atoms in total. The third-order valence-electron chi connectivity index (χ3n) is 6.76. The zero-order valence-electron chi connectivity index (χ0n) is 22.0. The molecule has 0 amide bonds. The van der Waals surface area contributed by atoms with Crippen LogP contribution in [-0.2, 0) is 19.9 Å². The van der Waals surface area contributed by atoms with Gasteiger partial charge in [-0.1, -0.05) is 0 Å². The normalized spacial score (nSPS) is 15.5. The molecule has 4 aromatic rings. The van der Waals surface area contributed by atoms with Gasteiger partial charge in [-0.15, -0.1) is 0 Å². The van der Waals surface area contributed by atoms with Crippen molar-refractivity contribution in [3.63, 3.8) is 0 Å². The molecule has 0 unspecified atom stereocenters. The van der Waals surface area contributed by atoms with Gasteiger partial charge in [0.1, 0.15) is 17.3 Å². The number of H-pyrrole nitrogens is 1. The summed E-state index contributed by atoms with van der Waals surface area (Å²) in [6.45, 7) is 0.612. The summed E-state index contributed by atoms with van der Waals surface area (Å²) in [5, 5.41) is 0.183. The van der Waals surface area contributed by atoms with Crippen LogP contribution in [0.1, 0.15) is 22.3 Å². The first-order valence-corrected chi connectivity index (χ1v) is 16.1. The average molecular weight is 644 g/mol. The third-order valence-corrected chi connectivity index (χ3v) is 9.64. The van der Waals surface area contributed by atoms with E-state index in [1.54, 1.807) is 16.9 Å². The lowest BCUT2D eigenvalue weighted by Gasteiger charge is -2.27. The molecule has 1 aromatic carbocycles. The van der Waals surface area contributed by atoms with E-state index in [4.69, 9.17) is 0 Å². The Morgan fingerprint density at radius 1 is 1.02 bits per heavy atom. The number of anilines is 2. The summed E-state index contributed by atoms with van der Waals surface area (Å²) < 4.78 is 117. The number of halogens is 5. The van der Waals surface area contributed by atoms with E-state index in [0.29, 0.717) is 42.2 Å². The second kappa shape index (κ2) is 11.2. The predicted octanol–water partition coefficient (Wildman–Crippen LogP) is 4.06. The molecule has 17 heteroatoms. The Morgan fingerprint density at radius 2 is 1.72 bits per heavy atom. The van der Waals surface area contributed by atoms with E-state index >= 15 is 4.39 Å². The van der Waals surface area contributed by atoms with Crippen LogP contribution in [0.2, 0.25) is 0 Å². The SMILES string of the molecule is O=C(c1c(F)ccc(NS(=O)(=O)CCC(F)(F)F)c1F)c1c[nH]c2ncc(-c3ccc(N4CCS(=O)(=O)CC4)nc3)cc12. The van der Waals surface area contributed by atoms with Crippen LogP contribution in [0.3, 0.4) is 0 Å². The number of sulfone groups is 1. The summed E-state index contributed by atoms with van der Waals surface area (Å²) in [5.74, 6) is -4.85. The minimum atomic E-state index is -4.78. The third kappa shape index (κ3) is 6.77. The van der Waals surface area contributed by atoms with Gasteiger partial charge in [0.05, 0.1) is 34.9 Å². The Bertz CT molecular complexity index is 1910. The summed E-state index contributed by atoms with van der Waals surface area (Å²) in [6, 6.07) is 6.25. The topological polar surface area (TPSA) is 142 Å². The van der Waals surface area contributed by atoms with Crippen molar-refractivity contribution >= 4 is 48.2 Å². The molecule has 0 aliphatic carbocycles. The number of sulfonamides is 1. The Morgan fingerprint density at radius 3 is 2.37 bits per heavy atom. The maximum absolute atomic E-state index is 15.3. The van der Waals surface area contributed by atoms with E-state index in [1.807, 2.05) is 4.90 Å². The van der Waals surface area contributed by atoms with Crippen LogP contribution >= 0.6 is 0 Å². The van der Waals surface area contributed by atoms with Crippen LogP contribution in [0, 0.1) is 11.6 Å². The van der Waals surface area contributed by atoms with Gasteiger partial charge in [-0.3, -0.25) is 9.52 Å². The number of ketones is 1. The Balaban J connectivity index is 1.42. The number of carbonyl (C=O) groups is 1.